The average Bonchev–Trinajstić information content (AvgIpc) is 2.66. The van der Waals surface area contributed by atoms with Gasteiger partial charge in [-0.1, -0.05) is 19.1 Å². The van der Waals surface area contributed by atoms with Gasteiger partial charge in [-0.15, -0.1) is 0 Å². The summed E-state index contributed by atoms with van der Waals surface area (Å²) in [6.45, 7) is 3.99. The van der Waals surface area contributed by atoms with Crippen molar-refractivity contribution >= 4 is 17.8 Å². The van der Waals surface area contributed by atoms with Crippen molar-refractivity contribution < 1.29 is 23.9 Å². The van der Waals surface area contributed by atoms with Crippen molar-refractivity contribution in [2.75, 3.05) is 13.2 Å². The normalized spacial score (nSPS) is 32.9. The van der Waals surface area contributed by atoms with Gasteiger partial charge in [0.25, 0.3) is 5.91 Å². The molecule has 1 spiro atoms. The van der Waals surface area contributed by atoms with Crippen LogP contribution < -0.4 is 15.4 Å². The Labute approximate surface area is 164 Å². The van der Waals surface area contributed by atoms with E-state index < -0.39 is 11.7 Å². The topological polar surface area (TPSA) is 93.7 Å². The molecule has 150 valence electrons. The Bertz CT molecular complexity index is 825. The molecule has 28 heavy (non-hydrogen) atoms. The fraction of sp³-hybridized carbons (Fsp3) is 0.571. The summed E-state index contributed by atoms with van der Waals surface area (Å²) in [7, 11) is 0. The predicted molar refractivity (Wildman–Crippen MR) is 100 cm³/mol. The number of carbonyl (C=O) groups is 3. The second-order valence-electron chi connectivity index (χ2n) is 8.32. The van der Waals surface area contributed by atoms with Crippen LogP contribution in [-0.2, 0) is 14.3 Å². The fourth-order valence-electron chi connectivity index (χ4n) is 5.15. The number of fused-ring (bicyclic) bond motifs is 3. The summed E-state index contributed by atoms with van der Waals surface area (Å²) in [6, 6.07) is 7.26. The van der Waals surface area contributed by atoms with Crippen molar-refractivity contribution in [3.05, 3.63) is 29.8 Å². The number of rotatable bonds is 4. The van der Waals surface area contributed by atoms with Crippen LogP contribution in [0, 0.1) is 17.3 Å². The zero-order chi connectivity index (χ0) is 19.9. The van der Waals surface area contributed by atoms with E-state index in [0.717, 1.165) is 12.8 Å². The van der Waals surface area contributed by atoms with E-state index in [4.69, 9.17) is 9.47 Å². The van der Waals surface area contributed by atoms with Crippen LogP contribution in [0.15, 0.2) is 24.3 Å². The fourth-order valence-corrected chi connectivity index (χ4v) is 5.15. The molecule has 0 radical (unpaired) electrons. The lowest BCUT2D eigenvalue weighted by atomic mass is 9.52. The van der Waals surface area contributed by atoms with Crippen molar-refractivity contribution in [2.24, 2.45) is 17.3 Å². The standard InChI is InChI=1S/C21H26N2O5/c1-3-27-17(24)11-22-19(26)15-10-13-8-9-20(15,2)12-21(13)23-18(25)14-6-4-5-7-16(14)28-21/h4-7,13,15H,3,8-12H2,1-2H3,(H,22,26)(H,23,25)/t13-,15-,20+,21+/m1/s1. The van der Waals surface area contributed by atoms with Crippen molar-refractivity contribution in [2.45, 2.75) is 45.3 Å². The first-order valence-electron chi connectivity index (χ1n) is 9.91. The zero-order valence-electron chi connectivity index (χ0n) is 16.2. The van der Waals surface area contributed by atoms with Crippen molar-refractivity contribution in [1.29, 1.82) is 0 Å². The molecule has 1 aromatic rings. The highest BCUT2D eigenvalue weighted by atomic mass is 16.5. The van der Waals surface area contributed by atoms with Gasteiger partial charge in [-0.05, 0) is 43.7 Å². The Kier molecular flexibility index (Phi) is 4.56. The lowest BCUT2D eigenvalue weighted by molar-refractivity contribution is -0.168. The zero-order valence-corrected chi connectivity index (χ0v) is 16.2. The van der Waals surface area contributed by atoms with Gasteiger partial charge in [0, 0.05) is 18.3 Å². The molecule has 1 aliphatic heterocycles. The summed E-state index contributed by atoms with van der Waals surface area (Å²) in [5.41, 5.74) is -0.535. The lowest BCUT2D eigenvalue weighted by Crippen LogP contribution is -2.69. The van der Waals surface area contributed by atoms with E-state index >= 15 is 0 Å². The highest BCUT2D eigenvalue weighted by molar-refractivity contribution is 5.98. The first-order chi connectivity index (χ1) is 13.4. The summed E-state index contributed by atoms with van der Waals surface area (Å²) in [6.07, 6.45) is 2.97. The minimum absolute atomic E-state index is 0.0463. The molecular weight excluding hydrogens is 360 g/mol. The predicted octanol–water partition coefficient (Wildman–Crippen LogP) is 2.01. The maximum absolute atomic E-state index is 12.8. The third kappa shape index (κ3) is 3.02. The number of amides is 2. The molecule has 0 unspecified atom stereocenters. The summed E-state index contributed by atoms with van der Waals surface area (Å²) < 4.78 is 11.2. The van der Waals surface area contributed by atoms with Crippen LogP contribution in [0.1, 0.15) is 49.9 Å². The smallest absolute Gasteiger partial charge is 0.325 e. The minimum atomic E-state index is -0.768. The molecular formula is C21H26N2O5. The van der Waals surface area contributed by atoms with E-state index in [1.54, 1.807) is 13.0 Å². The number of benzene rings is 1. The molecule has 3 fully saturated rings. The number of nitrogens with one attached hydrogen (secondary N) is 2. The van der Waals surface area contributed by atoms with Crippen LogP contribution >= 0.6 is 0 Å². The highest BCUT2D eigenvalue weighted by Crippen LogP contribution is 2.58. The van der Waals surface area contributed by atoms with Crippen LogP contribution in [0.4, 0.5) is 0 Å². The van der Waals surface area contributed by atoms with Gasteiger partial charge in [-0.3, -0.25) is 14.4 Å². The van der Waals surface area contributed by atoms with E-state index in [0.29, 0.717) is 30.8 Å². The monoisotopic (exact) mass is 386 g/mol. The highest BCUT2D eigenvalue weighted by Gasteiger charge is 2.61. The van der Waals surface area contributed by atoms with E-state index in [2.05, 4.69) is 17.6 Å². The molecule has 1 heterocycles. The second kappa shape index (κ2) is 6.79. The van der Waals surface area contributed by atoms with Crippen LogP contribution in [-0.4, -0.2) is 36.7 Å². The minimum Gasteiger partial charge on any atom is -0.467 e. The Morgan fingerprint density at radius 3 is 2.89 bits per heavy atom. The lowest BCUT2D eigenvalue weighted by Gasteiger charge is -2.59. The third-order valence-electron chi connectivity index (χ3n) is 6.53. The van der Waals surface area contributed by atoms with Gasteiger partial charge >= 0.3 is 5.97 Å². The summed E-state index contributed by atoms with van der Waals surface area (Å²) in [5, 5.41) is 5.83. The number of ether oxygens (including phenoxy) is 2. The van der Waals surface area contributed by atoms with Gasteiger partial charge in [0.15, 0.2) is 5.72 Å². The SMILES string of the molecule is CCOC(=O)CNC(=O)[C@H]1C[C@H]2CC[C@@]1(C)C[C@@]21NC(=O)c2ccccc2O1. The Hall–Kier alpha value is -2.57. The largest absolute Gasteiger partial charge is 0.467 e. The molecule has 7 nitrogen and oxygen atoms in total. The van der Waals surface area contributed by atoms with E-state index in [1.807, 2.05) is 18.2 Å². The summed E-state index contributed by atoms with van der Waals surface area (Å²) >= 11 is 0. The van der Waals surface area contributed by atoms with Gasteiger partial charge in [0.1, 0.15) is 12.3 Å². The van der Waals surface area contributed by atoms with Crippen molar-refractivity contribution in [1.82, 2.24) is 10.6 Å². The Morgan fingerprint density at radius 1 is 1.36 bits per heavy atom. The first-order valence-corrected chi connectivity index (χ1v) is 9.91. The molecule has 2 N–H and O–H groups in total. The molecule has 3 aliphatic carbocycles. The van der Waals surface area contributed by atoms with E-state index in [1.165, 1.54) is 0 Å². The molecule has 5 rings (SSSR count). The maximum Gasteiger partial charge on any atom is 0.325 e. The van der Waals surface area contributed by atoms with E-state index in [-0.39, 0.29) is 35.6 Å². The second-order valence-corrected chi connectivity index (χ2v) is 8.32. The Balaban J connectivity index is 1.52. The number of esters is 1. The number of carbonyl (C=O) groups excluding carboxylic acids is 3. The molecule has 1 aromatic carbocycles. The van der Waals surface area contributed by atoms with Gasteiger partial charge in [0.2, 0.25) is 5.91 Å². The van der Waals surface area contributed by atoms with Gasteiger partial charge in [-0.25, -0.2) is 0 Å². The average molecular weight is 386 g/mol. The quantitative estimate of drug-likeness (QED) is 0.772. The molecule has 7 heteroatoms. The summed E-state index contributed by atoms with van der Waals surface area (Å²) in [5.74, 6) is -0.253. The number of hydrogen-bond acceptors (Lipinski definition) is 5. The van der Waals surface area contributed by atoms with Gasteiger partial charge in [0.05, 0.1) is 12.2 Å². The molecule has 2 amide bonds. The first kappa shape index (κ1) is 18.8. The van der Waals surface area contributed by atoms with Crippen molar-refractivity contribution in [3.8, 4) is 5.75 Å². The molecule has 2 bridgehead atoms. The number of para-hydroxylation sites is 1. The molecule has 3 saturated carbocycles. The maximum atomic E-state index is 12.8. The molecule has 0 saturated heterocycles. The van der Waals surface area contributed by atoms with Crippen LogP contribution in [0.25, 0.3) is 0 Å². The summed E-state index contributed by atoms with van der Waals surface area (Å²) in [4.78, 5) is 37.0. The van der Waals surface area contributed by atoms with E-state index in [9.17, 15) is 14.4 Å². The van der Waals surface area contributed by atoms with Crippen LogP contribution in [0.5, 0.6) is 5.75 Å². The molecule has 4 aliphatic rings. The third-order valence-corrected chi connectivity index (χ3v) is 6.53. The molecule has 0 aromatic heterocycles. The Morgan fingerprint density at radius 2 is 2.14 bits per heavy atom. The van der Waals surface area contributed by atoms with Gasteiger partial charge < -0.3 is 20.1 Å². The molecule has 4 atom stereocenters. The van der Waals surface area contributed by atoms with Crippen LogP contribution in [0.2, 0.25) is 0 Å². The van der Waals surface area contributed by atoms with Crippen LogP contribution in [0.3, 0.4) is 0 Å². The van der Waals surface area contributed by atoms with Gasteiger partial charge in [-0.2, -0.15) is 0 Å². The number of hydrogen-bond donors (Lipinski definition) is 2. The van der Waals surface area contributed by atoms with Crippen molar-refractivity contribution in [3.63, 3.8) is 0 Å².